The summed E-state index contributed by atoms with van der Waals surface area (Å²) in [5, 5.41) is 0. The molecule has 0 fully saturated rings. The summed E-state index contributed by atoms with van der Waals surface area (Å²) < 4.78 is 17.0. The summed E-state index contributed by atoms with van der Waals surface area (Å²) in [5.41, 5.74) is 0. The van der Waals surface area contributed by atoms with Crippen molar-refractivity contribution in [3.8, 4) is 0 Å². The van der Waals surface area contributed by atoms with Gasteiger partial charge in [-0.1, -0.05) is 380 Å². The highest BCUT2D eigenvalue weighted by molar-refractivity contribution is 5.71. The molecule has 0 spiro atoms. The van der Waals surface area contributed by atoms with E-state index < -0.39 is 6.10 Å². The number of ether oxygens (including phenoxy) is 3. The topological polar surface area (TPSA) is 78.9 Å². The van der Waals surface area contributed by atoms with E-state index in [2.05, 4.69) is 20.8 Å². The van der Waals surface area contributed by atoms with Crippen LogP contribution in [-0.4, -0.2) is 37.2 Å². The minimum absolute atomic E-state index is 0.0602. The van der Waals surface area contributed by atoms with Crippen molar-refractivity contribution >= 4 is 17.9 Å². The number of unbranched alkanes of at least 4 members (excludes halogenated alkanes) is 56. The Morgan fingerprint density at radius 3 is 0.519 bits per heavy atom. The van der Waals surface area contributed by atoms with Gasteiger partial charge in [-0.25, -0.2) is 0 Å². The Hall–Kier alpha value is -1.59. The van der Waals surface area contributed by atoms with Gasteiger partial charge in [0.2, 0.25) is 0 Å². The minimum Gasteiger partial charge on any atom is -0.462 e. The third-order valence-electron chi connectivity index (χ3n) is 16.6. The average Bonchev–Trinajstić information content (AvgIpc) is 3.43. The molecule has 458 valence electrons. The number of rotatable bonds is 67. The summed E-state index contributed by atoms with van der Waals surface area (Å²) in [6.07, 6.45) is 78.5. The summed E-state index contributed by atoms with van der Waals surface area (Å²) in [5.74, 6) is -0.820. The van der Waals surface area contributed by atoms with E-state index in [0.29, 0.717) is 19.3 Å². The van der Waals surface area contributed by atoms with E-state index in [4.69, 9.17) is 14.2 Å². The standard InChI is InChI=1S/C71H138O6/c1-4-7-10-13-16-19-22-25-28-30-31-32-33-34-35-36-37-38-39-40-41-44-46-49-52-55-58-61-64-70(73)76-67-68(66-75-69(72)63-60-57-54-51-48-45-42-27-24-21-18-15-12-9-6-3)77-71(74)65-62-59-56-53-50-47-43-29-26-23-20-17-14-11-8-5-2/h68H,4-67H2,1-3H3. The molecule has 1 atom stereocenters. The van der Waals surface area contributed by atoms with Gasteiger partial charge in [0.05, 0.1) is 0 Å². The molecular weight excluding hydrogens is 949 g/mol. The maximum Gasteiger partial charge on any atom is 0.306 e. The summed E-state index contributed by atoms with van der Waals surface area (Å²) in [6, 6.07) is 0. The van der Waals surface area contributed by atoms with Crippen molar-refractivity contribution in [3.05, 3.63) is 0 Å². The molecule has 0 heterocycles. The van der Waals surface area contributed by atoms with Gasteiger partial charge in [-0.2, -0.15) is 0 Å². The third-order valence-corrected chi connectivity index (χ3v) is 16.6. The Bertz CT molecular complexity index is 1160. The van der Waals surface area contributed by atoms with Crippen molar-refractivity contribution in [2.24, 2.45) is 0 Å². The van der Waals surface area contributed by atoms with Crippen LogP contribution < -0.4 is 0 Å². The molecule has 0 aliphatic carbocycles. The van der Waals surface area contributed by atoms with Crippen LogP contribution in [-0.2, 0) is 28.6 Å². The average molecular weight is 1090 g/mol. The molecule has 0 aromatic rings. The summed E-state index contributed by atoms with van der Waals surface area (Å²) in [4.78, 5) is 38.4. The molecule has 1 unspecified atom stereocenters. The Kier molecular flexibility index (Phi) is 65.5. The minimum atomic E-state index is -0.763. The highest BCUT2D eigenvalue weighted by Gasteiger charge is 2.19. The van der Waals surface area contributed by atoms with Crippen LogP contribution in [0.5, 0.6) is 0 Å². The maximum absolute atomic E-state index is 12.9. The Morgan fingerprint density at radius 2 is 0.351 bits per heavy atom. The van der Waals surface area contributed by atoms with Crippen LogP contribution in [0.1, 0.15) is 419 Å². The van der Waals surface area contributed by atoms with Crippen molar-refractivity contribution in [3.63, 3.8) is 0 Å². The van der Waals surface area contributed by atoms with Crippen LogP contribution in [0.4, 0.5) is 0 Å². The van der Waals surface area contributed by atoms with E-state index in [9.17, 15) is 14.4 Å². The van der Waals surface area contributed by atoms with Crippen LogP contribution >= 0.6 is 0 Å². The van der Waals surface area contributed by atoms with Gasteiger partial charge in [-0.05, 0) is 19.3 Å². The van der Waals surface area contributed by atoms with Gasteiger partial charge in [-0.3, -0.25) is 14.4 Å². The summed E-state index contributed by atoms with van der Waals surface area (Å²) in [7, 11) is 0. The SMILES string of the molecule is CCCCCCCCCCCCCCCCCCCCCCCCCCCCCCC(=O)OCC(COC(=O)CCCCCCCCCCCCCCCCC)OC(=O)CCCCCCCCCCCCCCCCCC. The molecular formula is C71H138O6. The predicted molar refractivity (Wildman–Crippen MR) is 335 cm³/mol. The lowest BCUT2D eigenvalue weighted by molar-refractivity contribution is -0.167. The molecule has 0 bridgehead atoms. The largest absolute Gasteiger partial charge is 0.462 e. The molecule has 0 amide bonds. The first-order chi connectivity index (χ1) is 38.0. The molecule has 0 aromatic carbocycles. The van der Waals surface area contributed by atoms with Crippen molar-refractivity contribution in [1.82, 2.24) is 0 Å². The second-order valence-electron chi connectivity index (χ2n) is 24.5. The molecule has 0 saturated heterocycles. The fraction of sp³-hybridized carbons (Fsp3) is 0.958. The monoisotopic (exact) mass is 1090 g/mol. The van der Waals surface area contributed by atoms with Crippen LogP contribution in [0.15, 0.2) is 0 Å². The van der Waals surface area contributed by atoms with Crippen LogP contribution in [0.25, 0.3) is 0 Å². The van der Waals surface area contributed by atoms with E-state index in [0.717, 1.165) is 57.8 Å². The van der Waals surface area contributed by atoms with E-state index in [1.54, 1.807) is 0 Å². The normalized spacial score (nSPS) is 11.9. The van der Waals surface area contributed by atoms with Crippen molar-refractivity contribution in [1.29, 1.82) is 0 Å². The molecule has 0 N–H and O–H groups in total. The summed E-state index contributed by atoms with van der Waals surface area (Å²) >= 11 is 0. The quantitative estimate of drug-likeness (QED) is 0.0343. The molecule has 6 nitrogen and oxygen atoms in total. The first-order valence-corrected chi connectivity index (χ1v) is 35.5. The summed E-state index contributed by atoms with van der Waals surface area (Å²) in [6.45, 7) is 6.74. The van der Waals surface area contributed by atoms with Gasteiger partial charge in [0.15, 0.2) is 6.10 Å². The molecule has 0 aromatic heterocycles. The first kappa shape index (κ1) is 75.4. The van der Waals surface area contributed by atoms with Gasteiger partial charge in [0.25, 0.3) is 0 Å². The Morgan fingerprint density at radius 1 is 0.208 bits per heavy atom. The van der Waals surface area contributed by atoms with Gasteiger partial charge in [-0.15, -0.1) is 0 Å². The first-order valence-electron chi connectivity index (χ1n) is 35.5. The molecule has 0 rings (SSSR count). The van der Waals surface area contributed by atoms with E-state index >= 15 is 0 Å². The Labute approximate surface area is 482 Å². The molecule has 6 heteroatoms. The van der Waals surface area contributed by atoms with E-state index in [1.807, 2.05) is 0 Å². The fourth-order valence-corrected chi connectivity index (χ4v) is 11.3. The smallest absolute Gasteiger partial charge is 0.306 e. The number of carbonyl (C=O) groups is 3. The van der Waals surface area contributed by atoms with Crippen LogP contribution in [0, 0.1) is 0 Å². The second kappa shape index (κ2) is 66.9. The van der Waals surface area contributed by atoms with Crippen molar-refractivity contribution in [2.45, 2.75) is 425 Å². The highest BCUT2D eigenvalue weighted by Crippen LogP contribution is 2.19. The van der Waals surface area contributed by atoms with E-state index in [1.165, 1.54) is 321 Å². The zero-order valence-corrected chi connectivity index (χ0v) is 52.8. The number of esters is 3. The van der Waals surface area contributed by atoms with Crippen LogP contribution in [0.3, 0.4) is 0 Å². The van der Waals surface area contributed by atoms with Gasteiger partial charge >= 0.3 is 17.9 Å². The predicted octanol–water partition coefficient (Wildman–Crippen LogP) is 24.2. The van der Waals surface area contributed by atoms with Crippen LogP contribution in [0.2, 0.25) is 0 Å². The zero-order valence-electron chi connectivity index (χ0n) is 52.8. The number of hydrogen-bond acceptors (Lipinski definition) is 6. The van der Waals surface area contributed by atoms with E-state index in [-0.39, 0.29) is 31.1 Å². The second-order valence-corrected chi connectivity index (χ2v) is 24.5. The van der Waals surface area contributed by atoms with Gasteiger partial charge in [0, 0.05) is 19.3 Å². The lowest BCUT2D eigenvalue weighted by atomic mass is 10.0. The highest BCUT2D eigenvalue weighted by atomic mass is 16.6. The maximum atomic E-state index is 12.9. The van der Waals surface area contributed by atoms with Crippen molar-refractivity contribution in [2.75, 3.05) is 13.2 Å². The molecule has 0 saturated carbocycles. The third kappa shape index (κ3) is 65.1. The number of hydrogen-bond donors (Lipinski definition) is 0. The van der Waals surface area contributed by atoms with Gasteiger partial charge in [0.1, 0.15) is 13.2 Å². The molecule has 0 aliphatic rings. The molecule has 77 heavy (non-hydrogen) atoms. The zero-order chi connectivity index (χ0) is 55.7. The Balaban J connectivity index is 4.15. The molecule has 0 aliphatic heterocycles. The fourth-order valence-electron chi connectivity index (χ4n) is 11.3. The lowest BCUT2D eigenvalue weighted by Crippen LogP contribution is -2.30. The number of carbonyl (C=O) groups excluding carboxylic acids is 3. The van der Waals surface area contributed by atoms with Gasteiger partial charge < -0.3 is 14.2 Å². The van der Waals surface area contributed by atoms with Crippen molar-refractivity contribution < 1.29 is 28.6 Å². The molecule has 0 radical (unpaired) electrons. The lowest BCUT2D eigenvalue weighted by Gasteiger charge is -2.18.